The van der Waals surface area contributed by atoms with Crippen molar-refractivity contribution < 1.29 is 32.3 Å². The summed E-state index contributed by atoms with van der Waals surface area (Å²) in [5.74, 6) is -0.929. The number of benzene rings is 2. The minimum atomic E-state index is -3.04. The summed E-state index contributed by atoms with van der Waals surface area (Å²) < 4.78 is 39.5. The summed E-state index contributed by atoms with van der Waals surface area (Å²) in [5, 5.41) is 5.45. The van der Waals surface area contributed by atoms with Crippen molar-refractivity contribution in [3.8, 4) is 5.75 Å². The zero-order valence-electron chi connectivity index (χ0n) is 15.6. The van der Waals surface area contributed by atoms with Gasteiger partial charge in [-0.15, -0.1) is 0 Å². The number of hydrogen-bond acceptors (Lipinski definition) is 6. The SMILES string of the molecule is O=C(COC(=O)c1ccccc1NCc1ccco1)Nc1ccccc1OC(F)F. The molecule has 2 N–H and O–H groups in total. The Labute approximate surface area is 170 Å². The Hall–Kier alpha value is -3.88. The first-order valence-corrected chi connectivity index (χ1v) is 8.89. The minimum Gasteiger partial charge on any atom is -0.467 e. The molecular weight excluding hydrogens is 398 g/mol. The maximum absolute atomic E-state index is 12.5. The summed E-state index contributed by atoms with van der Waals surface area (Å²) in [5.41, 5.74) is 0.785. The fourth-order valence-corrected chi connectivity index (χ4v) is 2.57. The van der Waals surface area contributed by atoms with Crippen LogP contribution in [0.1, 0.15) is 16.1 Å². The molecule has 0 aliphatic rings. The number of para-hydroxylation sites is 3. The van der Waals surface area contributed by atoms with Gasteiger partial charge in [0.05, 0.1) is 24.1 Å². The molecule has 7 nitrogen and oxygen atoms in total. The third kappa shape index (κ3) is 5.81. The second kappa shape index (κ2) is 10.1. The van der Waals surface area contributed by atoms with E-state index < -0.39 is 25.1 Å². The van der Waals surface area contributed by atoms with Crippen LogP contribution in [0.25, 0.3) is 0 Å². The molecule has 0 saturated heterocycles. The first kappa shape index (κ1) is 20.8. The molecule has 1 amide bonds. The van der Waals surface area contributed by atoms with Gasteiger partial charge in [0.1, 0.15) is 11.5 Å². The quantitative estimate of drug-likeness (QED) is 0.506. The molecule has 0 fully saturated rings. The molecule has 0 atom stereocenters. The highest BCUT2D eigenvalue weighted by atomic mass is 19.3. The summed E-state index contributed by atoms with van der Waals surface area (Å²) in [6.07, 6.45) is 1.54. The maximum Gasteiger partial charge on any atom is 0.387 e. The highest BCUT2D eigenvalue weighted by Gasteiger charge is 2.16. The summed E-state index contributed by atoms with van der Waals surface area (Å²) >= 11 is 0. The van der Waals surface area contributed by atoms with E-state index in [0.29, 0.717) is 18.0 Å². The topological polar surface area (TPSA) is 89.8 Å². The van der Waals surface area contributed by atoms with E-state index in [1.165, 1.54) is 18.2 Å². The monoisotopic (exact) mass is 416 g/mol. The summed E-state index contributed by atoms with van der Waals surface area (Å²) in [4.78, 5) is 24.5. The van der Waals surface area contributed by atoms with Crippen LogP contribution in [0.15, 0.2) is 71.3 Å². The molecule has 0 bridgehead atoms. The van der Waals surface area contributed by atoms with Gasteiger partial charge >= 0.3 is 12.6 Å². The average molecular weight is 416 g/mol. The van der Waals surface area contributed by atoms with Crippen molar-refractivity contribution in [1.29, 1.82) is 0 Å². The first-order valence-electron chi connectivity index (χ1n) is 8.89. The number of alkyl halides is 2. The van der Waals surface area contributed by atoms with E-state index >= 15 is 0 Å². The minimum absolute atomic E-state index is 0.0411. The van der Waals surface area contributed by atoms with Crippen LogP contribution >= 0.6 is 0 Å². The number of hydrogen-bond donors (Lipinski definition) is 2. The third-order valence-electron chi connectivity index (χ3n) is 3.89. The van der Waals surface area contributed by atoms with Crippen molar-refractivity contribution in [3.05, 3.63) is 78.3 Å². The van der Waals surface area contributed by atoms with Crippen LogP contribution in [0.3, 0.4) is 0 Å². The number of furan rings is 1. The fourth-order valence-electron chi connectivity index (χ4n) is 2.57. The second-order valence-corrected chi connectivity index (χ2v) is 5.98. The Balaban J connectivity index is 1.57. The van der Waals surface area contributed by atoms with Crippen molar-refractivity contribution >= 4 is 23.3 Å². The number of ether oxygens (including phenoxy) is 2. The lowest BCUT2D eigenvalue weighted by molar-refractivity contribution is -0.119. The number of halogens is 2. The van der Waals surface area contributed by atoms with E-state index in [4.69, 9.17) is 9.15 Å². The van der Waals surface area contributed by atoms with Crippen LogP contribution < -0.4 is 15.4 Å². The van der Waals surface area contributed by atoms with Crippen molar-refractivity contribution in [2.75, 3.05) is 17.2 Å². The molecule has 0 radical (unpaired) electrons. The van der Waals surface area contributed by atoms with E-state index in [0.717, 1.165) is 0 Å². The van der Waals surface area contributed by atoms with Gasteiger partial charge in [-0.1, -0.05) is 24.3 Å². The number of anilines is 2. The average Bonchev–Trinajstić information content (AvgIpc) is 3.25. The Bertz CT molecular complexity index is 993. The van der Waals surface area contributed by atoms with Crippen LogP contribution in [0.5, 0.6) is 5.75 Å². The van der Waals surface area contributed by atoms with Crippen LogP contribution in [-0.2, 0) is 16.1 Å². The Morgan fingerprint density at radius 2 is 1.70 bits per heavy atom. The van der Waals surface area contributed by atoms with E-state index in [2.05, 4.69) is 15.4 Å². The van der Waals surface area contributed by atoms with Gasteiger partial charge in [-0.2, -0.15) is 8.78 Å². The van der Waals surface area contributed by atoms with Crippen molar-refractivity contribution in [2.24, 2.45) is 0 Å². The largest absolute Gasteiger partial charge is 0.467 e. The normalized spacial score (nSPS) is 10.5. The number of carbonyl (C=O) groups excluding carboxylic acids is 2. The molecule has 0 aliphatic heterocycles. The zero-order chi connectivity index (χ0) is 21.3. The van der Waals surface area contributed by atoms with E-state index in [9.17, 15) is 18.4 Å². The van der Waals surface area contributed by atoms with Gasteiger partial charge in [0.15, 0.2) is 6.61 Å². The highest BCUT2D eigenvalue weighted by molar-refractivity contribution is 5.98. The Morgan fingerprint density at radius 1 is 0.967 bits per heavy atom. The van der Waals surface area contributed by atoms with E-state index in [1.807, 2.05) is 0 Å². The number of esters is 1. The lowest BCUT2D eigenvalue weighted by Crippen LogP contribution is -2.22. The predicted octanol–water partition coefficient (Wildman–Crippen LogP) is 4.29. The summed E-state index contributed by atoms with van der Waals surface area (Å²) in [6, 6.07) is 15.9. The second-order valence-electron chi connectivity index (χ2n) is 5.98. The van der Waals surface area contributed by atoms with Gasteiger partial charge < -0.3 is 24.5 Å². The number of nitrogens with one attached hydrogen (secondary N) is 2. The Morgan fingerprint density at radius 3 is 2.43 bits per heavy atom. The predicted molar refractivity (Wildman–Crippen MR) is 104 cm³/mol. The van der Waals surface area contributed by atoms with Crippen molar-refractivity contribution in [3.63, 3.8) is 0 Å². The molecule has 3 rings (SSSR count). The van der Waals surface area contributed by atoms with Crippen LogP contribution in [0.2, 0.25) is 0 Å². The van der Waals surface area contributed by atoms with Gasteiger partial charge in [-0.3, -0.25) is 4.79 Å². The van der Waals surface area contributed by atoms with Gasteiger partial charge in [-0.05, 0) is 36.4 Å². The van der Waals surface area contributed by atoms with Gasteiger partial charge in [0.25, 0.3) is 5.91 Å². The van der Waals surface area contributed by atoms with E-state index in [-0.39, 0.29) is 17.0 Å². The summed E-state index contributed by atoms with van der Waals surface area (Å²) in [7, 11) is 0. The lowest BCUT2D eigenvalue weighted by Gasteiger charge is -2.13. The van der Waals surface area contributed by atoms with Crippen molar-refractivity contribution in [1.82, 2.24) is 0 Å². The number of amides is 1. The van der Waals surface area contributed by atoms with Gasteiger partial charge in [0, 0.05) is 5.69 Å². The first-order chi connectivity index (χ1) is 14.5. The third-order valence-corrected chi connectivity index (χ3v) is 3.89. The molecule has 0 saturated carbocycles. The summed E-state index contributed by atoms with van der Waals surface area (Å²) in [6.45, 7) is -3.28. The van der Waals surface area contributed by atoms with Crippen molar-refractivity contribution in [2.45, 2.75) is 13.2 Å². The van der Waals surface area contributed by atoms with E-state index in [1.54, 1.807) is 48.7 Å². The molecule has 2 aromatic carbocycles. The van der Waals surface area contributed by atoms with Gasteiger partial charge in [-0.25, -0.2) is 4.79 Å². The molecule has 156 valence electrons. The fraction of sp³-hybridized carbons (Fsp3) is 0.143. The highest BCUT2D eigenvalue weighted by Crippen LogP contribution is 2.25. The smallest absolute Gasteiger partial charge is 0.387 e. The molecule has 1 aromatic heterocycles. The van der Waals surface area contributed by atoms with Crippen LogP contribution in [-0.4, -0.2) is 25.1 Å². The molecule has 3 aromatic rings. The molecule has 0 aliphatic carbocycles. The molecular formula is C21H18F2N2O5. The standard InChI is InChI=1S/C21H18F2N2O5/c22-21(23)30-18-10-4-3-9-17(18)25-19(26)13-29-20(27)15-7-1-2-8-16(15)24-12-14-6-5-11-28-14/h1-11,21,24H,12-13H2,(H,25,26). The molecule has 0 unspecified atom stereocenters. The van der Waals surface area contributed by atoms with Crippen LogP contribution in [0.4, 0.5) is 20.2 Å². The van der Waals surface area contributed by atoms with Crippen LogP contribution in [0, 0.1) is 0 Å². The molecule has 30 heavy (non-hydrogen) atoms. The zero-order valence-corrected chi connectivity index (χ0v) is 15.6. The molecule has 9 heteroatoms. The maximum atomic E-state index is 12.5. The van der Waals surface area contributed by atoms with Gasteiger partial charge in [0.2, 0.25) is 0 Å². The Kier molecular flexibility index (Phi) is 6.99. The lowest BCUT2D eigenvalue weighted by atomic mass is 10.2. The molecule has 0 spiro atoms. The number of rotatable bonds is 9. The molecule has 1 heterocycles. The number of carbonyl (C=O) groups is 2.